The molecule has 0 unspecified atom stereocenters. The van der Waals surface area contributed by atoms with Crippen LogP contribution in [-0.2, 0) is 16.6 Å². The van der Waals surface area contributed by atoms with Gasteiger partial charge in [0.05, 0.1) is 11.5 Å². The summed E-state index contributed by atoms with van der Waals surface area (Å²) in [6.07, 6.45) is 6.01. The summed E-state index contributed by atoms with van der Waals surface area (Å²) in [6.45, 7) is -0.229. The lowest BCUT2D eigenvalue weighted by Gasteiger charge is -2.27. The second-order valence-corrected chi connectivity index (χ2v) is 8.52. The molecule has 1 fully saturated rings. The van der Waals surface area contributed by atoms with E-state index in [9.17, 15) is 8.42 Å². The molecule has 19 heavy (non-hydrogen) atoms. The SMILES string of the molecule is CSC1CCC(NS(=O)(=O)c2ccsc2CO)CC1. The lowest BCUT2D eigenvalue weighted by molar-refractivity contribution is 0.282. The van der Waals surface area contributed by atoms with Gasteiger partial charge in [-0.05, 0) is 43.4 Å². The normalized spacial score (nSPS) is 24.5. The van der Waals surface area contributed by atoms with E-state index in [1.54, 1.807) is 11.4 Å². The van der Waals surface area contributed by atoms with Crippen LogP contribution >= 0.6 is 23.1 Å². The first kappa shape index (κ1) is 15.3. The average Bonchev–Trinajstić information content (AvgIpc) is 2.88. The number of sulfonamides is 1. The van der Waals surface area contributed by atoms with E-state index in [1.165, 1.54) is 11.3 Å². The Morgan fingerprint density at radius 1 is 1.42 bits per heavy atom. The molecule has 1 saturated carbocycles. The predicted octanol–water partition coefficient (Wildman–Crippen LogP) is 2.19. The molecule has 1 aliphatic carbocycles. The van der Waals surface area contributed by atoms with E-state index < -0.39 is 10.0 Å². The van der Waals surface area contributed by atoms with Crippen molar-refractivity contribution in [3.05, 3.63) is 16.3 Å². The van der Waals surface area contributed by atoms with Crippen molar-refractivity contribution >= 4 is 33.1 Å². The van der Waals surface area contributed by atoms with Crippen LogP contribution in [0.5, 0.6) is 0 Å². The fourth-order valence-corrected chi connectivity index (χ4v) is 5.73. The van der Waals surface area contributed by atoms with Crippen molar-refractivity contribution in [3.63, 3.8) is 0 Å². The number of aliphatic hydroxyl groups excluding tert-OH is 1. The van der Waals surface area contributed by atoms with Gasteiger partial charge in [0.1, 0.15) is 0 Å². The zero-order valence-electron chi connectivity index (χ0n) is 10.8. The van der Waals surface area contributed by atoms with Crippen LogP contribution in [0, 0.1) is 0 Å². The minimum atomic E-state index is -3.49. The Bertz CT molecular complexity index is 504. The smallest absolute Gasteiger partial charge is 0.242 e. The molecule has 1 aromatic heterocycles. The van der Waals surface area contributed by atoms with Crippen LogP contribution < -0.4 is 4.72 Å². The Morgan fingerprint density at radius 2 is 2.11 bits per heavy atom. The molecule has 1 aromatic rings. The topological polar surface area (TPSA) is 66.4 Å². The van der Waals surface area contributed by atoms with Gasteiger partial charge in [0.15, 0.2) is 0 Å². The molecule has 0 aromatic carbocycles. The molecule has 4 nitrogen and oxygen atoms in total. The largest absolute Gasteiger partial charge is 0.391 e. The molecule has 2 rings (SSSR count). The van der Waals surface area contributed by atoms with E-state index in [0.717, 1.165) is 25.7 Å². The minimum Gasteiger partial charge on any atom is -0.391 e. The lowest BCUT2D eigenvalue weighted by Crippen LogP contribution is -2.38. The van der Waals surface area contributed by atoms with Gasteiger partial charge in [0.2, 0.25) is 10.0 Å². The number of aliphatic hydroxyl groups is 1. The van der Waals surface area contributed by atoms with Crippen LogP contribution in [0.3, 0.4) is 0 Å². The Labute approximate surface area is 122 Å². The average molecular weight is 321 g/mol. The molecule has 0 bridgehead atoms. The van der Waals surface area contributed by atoms with Gasteiger partial charge < -0.3 is 5.11 Å². The van der Waals surface area contributed by atoms with Crippen molar-refractivity contribution in [1.82, 2.24) is 4.72 Å². The Balaban J connectivity index is 2.02. The van der Waals surface area contributed by atoms with Gasteiger partial charge in [-0.15, -0.1) is 11.3 Å². The first-order valence-corrected chi connectivity index (χ1v) is 9.94. The molecule has 108 valence electrons. The second-order valence-electron chi connectivity index (χ2n) is 4.70. The summed E-state index contributed by atoms with van der Waals surface area (Å²) in [5, 5.41) is 11.5. The molecule has 0 radical (unpaired) electrons. The fraction of sp³-hybridized carbons (Fsp3) is 0.667. The van der Waals surface area contributed by atoms with E-state index in [4.69, 9.17) is 5.11 Å². The van der Waals surface area contributed by atoms with Gasteiger partial charge in [-0.25, -0.2) is 13.1 Å². The van der Waals surface area contributed by atoms with Gasteiger partial charge in [0, 0.05) is 16.2 Å². The molecule has 7 heteroatoms. The number of hydrogen-bond acceptors (Lipinski definition) is 5. The number of hydrogen-bond donors (Lipinski definition) is 2. The summed E-state index contributed by atoms with van der Waals surface area (Å²) < 4.78 is 27.3. The first-order valence-electron chi connectivity index (χ1n) is 6.29. The zero-order valence-corrected chi connectivity index (χ0v) is 13.3. The number of nitrogens with one attached hydrogen (secondary N) is 1. The summed E-state index contributed by atoms with van der Waals surface area (Å²) in [5.74, 6) is 0. The number of thioether (sulfide) groups is 1. The van der Waals surface area contributed by atoms with Gasteiger partial charge in [-0.2, -0.15) is 11.8 Å². The van der Waals surface area contributed by atoms with Crippen LogP contribution in [0.2, 0.25) is 0 Å². The molecule has 0 amide bonds. The molecular formula is C12H19NO3S3. The predicted molar refractivity (Wildman–Crippen MR) is 80.1 cm³/mol. The van der Waals surface area contributed by atoms with Crippen molar-refractivity contribution in [2.45, 2.75) is 48.5 Å². The molecule has 0 atom stereocenters. The first-order chi connectivity index (χ1) is 9.06. The minimum absolute atomic E-state index is 0.0276. The van der Waals surface area contributed by atoms with Crippen molar-refractivity contribution < 1.29 is 13.5 Å². The maximum Gasteiger partial charge on any atom is 0.242 e. The standard InChI is InChI=1S/C12H19NO3S3/c1-17-10-4-2-9(3-5-10)13-19(15,16)12-6-7-18-11(12)8-14/h6-7,9-10,13-14H,2-5,8H2,1H3. The third kappa shape index (κ3) is 3.72. The quantitative estimate of drug-likeness (QED) is 0.872. The number of thiophene rings is 1. The van der Waals surface area contributed by atoms with Gasteiger partial charge >= 0.3 is 0 Å². The molecule has 2 N–H and O–H groups in total. The third-order valence-electron chi connectivity index (χ3n) is 3.47. The fourth-order valence-electron chi connectivity index (χ4n) is 2.38. The van der Waals surface area contributed by atoms with Crippen LogP contribution in [0.1, 0.15) is 30.6 Å². The summed E-state index contributed by atoms with van der Waals surface area (Å²) >= 11 is 3.13. The van der Waals surface area contributed by atoms with Crippen LogP contribution in [0.15, 0.2) is 16.3 Å². The number of rotatable bonds is 5. The van der Waals surface area contributed by atoms with Gasteiger partial charge in [-0.1, -0.05) is 0 Å². The van der Waals surface area contributed by atoms with Crippen molar-refractivity contribution in [1.29, 1.82) is 0 Å². The van der Waals surface area contributed by atoms with E-state index in [2.05, 4.69) is 11.0 Å². The Hall–Kier alpha value is -0.0800. The molecule has 1 aliphatic rings. The van der Waals surface area contributed by atoms with Crippen molar-refractivity contribution in [2.75, 3.05) is 6.26 Å². The van der Waals surface area contributed by atoms with Crippen molar-refractivity contribution in [3.8, 4) is 0 Å². The van der Waals surface area contributed by atoms with Gasteiger partial charge in [0.25, 0.3) is 0 Å². The summed E-state index contributed by atoms with van der Waals surface area (Å²) in [5.41, 5.74) is 0. The van der Waals surface area contributed by atoms with E-state index >= 15 is 0 Å². The van der Waals surface area contributed by atoms with E-state index in [0.29, 0.717) is 10.1 Å². The highest BCUT2D eigenvalue weighted by Gasteiger charge is 2.27. The zero-order chi connectivity index (χ0) is 13.9. The Kier molecular flexibility index (Phi) is 5.30. The molecular weight excluding hydrogens is 302 g/mol. The second kappa shape index (κ2) is 6.58. The van der Waals surface area contributed by atoms with E-state index in [-0.39, 0.29) is 17.5 Å². The third-order valence-corrected chi connectivity index (χ3v) is 7.25. The Morgan fingerprint density at radius 3 is 2.68 bits per heavy atom. The highest BCUT2D eigenvalue weighted by atomic mass is 32.2. The lowest BCUT2D eigenvalue weighted by atomic mass is 9.96. The molecule has 1 heterocycles. The van der Waals surface area contributed by atoms with Gasteiger partial charge in [-0.3, -0.25) is 0 Å². The maximum absolute atomic E-state index is 12.3. The van der Waals surface area contributed by atoms with Crippen LogP contribution in [0.25, 0.3) is 0 Å². The maximum atomic E-state index is 12.3. The monoisotopic (exact) mass is 321 g/mol. The van der Waals surface area contributed by atoms with Crippen LogP contribution in [-0.4, -0.2) is 31.1 Å². The van der Waals surface area contributed by atoms with Crippen LogP contribution in [0.4, 0.5) is 0 Å². The molecule has 0 saturated heterocycles. The molecule has 0 spiro atoms. The summed E-state index contributed by atoms with van der Waals surface area (Å²) in [7, 11) is -3.49. The highest BCUT2D eigenvalue weighted by molar-refractivity contribution is 7.99. The summed E-state index contributed by atoms with van der Waals surface area (Å²) in [6, 6.07) is 1.59. The molecule has 0 aliphatic heterocycles. The summed E-state index contributed by atoms with van der Waals surface area (Å²) in [4.78, 5) is 0.734. The van der Waals surface area contributed by atoms with E-state index in [1.807, 2.05) is 11.8 Å². The highest BCUT2D eigenvalue weighted by Crippen LogP contribution is 2.28. The van der Waals surface area contributed by atoms with Crippen molar-refractivity contribution in [2.24, 2.45) is 0 Å².